The maximum atomic E-state index is 9.00. The van der Waals surface area contributed by atoms with Crippen molar-refractivity contribution in [1.82, 2.24) is 9.88 Å². The van der Waals surface area contributed by atoms with Crippen LogP contribution in [-0.4, -0.2) is 34.7 Å². The number of aromatic nitrogens is 1. The monoisotopic (exact) mass is 228 g/mol. The predicted molar refractivity (Wildman–Crippen MR) is 67.6 cm³/mol. The number of para-hydroxylation sites is 1. The molecule has 1 N–H and O–H groups in total. The van der Waals surface area contributed by atoms with Crippen LogP contribution in [0.15, 0.2) is 36.5 Å². The van der Waals surface area contributed by atoms with Crippen LogP contribution in [0.3, 0.4) is 0 Å². The summed E-state index contributed by atoms with van der Waals surface area (Å²) in [5, 5.41) is 10.2. The Kier molecular flexibility index (Phi) is 2.79. The molecule has 0 aliphatic carbocycles. The smallest absolute Gasteiger partial charge is 0.0746 e. The van der Waals surface area contributed by atoms with Crippen LogP contribution in [0.2, 0.25) is 0 Å². The Morgan fingerprint density at radius 2 is 2.06 bits per heavy atom. The molecule has 88 valence electrons. The summed E-state index contributed by atoms with van der Waals surface area (Å²) < 4.78 is 0. The van der Waals surface area contributed by atoms with Gasteiger partial charge in [-0.3, -0.25) is 9.88 Å². The summed E-state index contributed by atoms with van der Waals surface area (Å²) >= 11 is 0. The molecule has 0 saturated carbocycles. The maximum absolute atomic E-state index is 9.00. The van der Waals surface area contributed by atoms with Gasteiger partial charge in [-0.05, 0) is 11.6 Å². The Balaban J connectivity index is 1.81. The molecule has 0 unspecified atom stereocenters. The largest absolute Gasteiger partial charge is 0.396 e. The lowest BCUT2D eigenvalue weighted by atomic mass is 10.00. The van der Waals surface area contributed by atoms with E-state index in [1.165, 1.54) is 10.9 Å². The molecule has 3 heteroatoms. The normalized spacial score (nSPS) is 17.2. The Morgan fingerprint density at radius 1 is 1.24 bits per heavy atom. The molecule has 0 radical (unpaired) electrons. The maximum Gasteiger partial charge on any atom is 0.0746 e. The van der Waals surface area contributed by atoms with E-state index in [1.807, 2.05) is 12.3 Å². The first-order chi connectivity index (χ1) is 8.36. The third-order valence-corrected chi connectivity index (χ3v) is 3.40. The summed E-state index contributed by atoms with van der Waals surface area (Å²) in [6, 6.07) is 10.4. The Bertz CT molecular complexity index is 515. The van der Waals surface area contributed by atoms with Gasteiger partial charge in [0, 0.05) is 43.7 Å². The summed E-state index contributed by atoms with van der Waals surface area (Å²) in [4.78, 5) is 6.81. The first-order valence-corrected chi connectivity index (χ1v) is 6.02. The van der Waals surface area contributed by atoms with E-state index in [-0.39, 0.29) is 0 Å². The highest BCUT2D eigenvalue weighted by Crippen LogP contribution is 2.22. The third-order valence-electron chi connectivity index (χ3n) is 3.40. The van der Waals surface area contributed by atoms with Gasteiger partial charge in [0.05, 0.1) is 5.52 Å². The van der Waals surface area contributed by atoms with Crippen LogP contribution in [0.4, 0.5) is 0 Å². The molecule has 1 aliphatic rings. The zero-order chi connectivity index (χ0) is 11.7. The third kappa shape index (κ3) is 2.04. The van der Waals surface area contributed by atoms with Crippen molar-refractivity contribution in [3.63, 3.8) is 0 Å². The minimum atomic E-state index is 0.310. The van der Waals surface area contributed by atoms with Crippen molar-refractivity contribution in [2.45, 2.75) is 6.54 Å². The molecular formula is C14H16N2O. The molecule has 1 aromatic heterocycles. The number of fused-ring (bicyclic) bond motifs is 1. The SMILES string of the molecule is OCC1CN(Cc2cccc3cccnc23)C1. The van der Waals surface area contributed by atoms with E-state index < -0.39 is 0 Å². The number of hydrogen-bond acceptors (Lipinski definition) is 3. The molecule has 17 heavy (non-hydrogen) atoms. The lowest BCUT2D eigenvalue weighted by molar-refractivity contribution is 0.0482. The van der Waals surface area contributed by atoms with Gasteiger partial charge < -0.3 is 5.11 Å². The van der Waals surface area contributed by atoms with E-state index in [4.69, 9.17) is 5.11 Å². The van der Waals surface area contributed by atoms with Gasteiger partial charge in [-0.25, -0.2) is 0 Å². The highest BCUT2D eigenvalue weighted by Gasteiger charge is 2.25. The number of aliphatic hydroxyl groups is 1. The standard InChI is InChI=1S/C14H16N2O/c17-10-11-7-16(8-11)9-13-4-1-3-12-5-2-6-15-14(12)13/h1-6,11,17H,7-10H2. The molecule has 2 heterocycles. The summed E-state index contributed by atoms with van der Waals surface area (Å²) in [6.07, 6.45) is 1.85. The molecule has 3 nitrogen and oxygen atoms in total. The molecule has 0 amide bonds. The minimum Gasteiger partial charge on any atom is -0.396 e. The zero-order valence-electron chi connectivity index (χ0n) is 9.71. The molecule has 3 rings (SSSR count). The quantitative estimate of drug-likeness (QED) is 0.868. The lowest BCUT2D eigenvalue weighted by Crippen LogP contribution is -2.47. The Hall–Kier alpha value is -1.45. The van der Waals surface area contributed by atoms with Crippen molar-refractivity contribution in [3.05, 3.63) is 42.1 Å². The predicted octanol–water partition coefficient (Wildman–Crippen LogP) is 1.66. The van der Waals surface area contributed by atoms with Crippen LogP contribution in [0, 0.1) is 5.92 Å². The van der Waals surface area contributed by atoms with Crippen molar-refractivity contribution in [2.24, 2.45) is 5.92 Å². The van der Waals surface area contributed by atoms with Gasteiger partial charge in [-0.1, -0.05) is 24.3 Å². The van der Waals surface area contributed by atoms with Gasteiger partial charge >= 0.3 is 0 Å². The second-order valence-electron chi connectivity index (χ2n) is 4.73. The van der Waals surface area contributed by atoms with Crippen molar-refractivity contribution in [3.8, 4) is 0 Å². The number of likely N-dealkylation sites (tertiary alicyclic amines) is 1. The van der Waals surface area contributed by atoms with Crippen LogP contribution in [0.5, 0.6) is 0 Å². The lowest BCUT2D eigenvalue weighted by Gasteiger charge is -2.38. The first-order valence-electron chi connectivity index (χ1n) is 6.02. The van der Waals surface area contributed by atoms with Crippen molar-refractivity contribution < 1.29 is 5.11 Å². The topological polar surface area (TPSA) is 36.4 Å². The van der Waals surface area contributed by atoms with Crippen molar-refractivity contribution in [1.29, 1.82) is 0 Å². The van der Waals surface area contributed by atoms with E-state index >= 15 is 0 Å². The van der Waals surface area contributed by atoms with Crippen LogP contribution in [-0.2, 0) is 6.54 Å². The molecule has 1 saturated heterocycles. The number of rotatable bonds is 3. The van der Waals surface area contributed by atoms with Crippen molar-refractivity contribution in [2.75, 3.05) is 19.7 Å². The number of aliphatic hydroxyl groups excluding tert-OH is 1. The molecule has 0 atom stereocenters. The van der Waals surface area contributed by atoms with E-state index in [0.29, 0.717) is 12.5 Å². The van der Waals surface area contributed by atoms with Crippen LogP contribution in [0.25, 0.3) is 10.9 Å². The fraction of sp³-hybridized carbons (Fsp3) is 0.357. The first kappa shape index (κ1) is 10.7. The van der Waals surface area contributed by atoms with E-state index in [0.717, 1.165) is 25.2 Å². The fourth-order valence-corrected chi connectivity index (χ4v) is 2.46. The number of benzene rings is 1. The fourth-order valence-electron chi connectivity index (χ4n) is 2.46. The van der Waals surface area contributed by atoms with Gasteiger partial charge in [0.15, 0.2) is 0 Å². The number of hydrogen-bond donors (Lipinski definition) is 1. The second kappa shape index (κ2) is 4.43. The van der Waals surface area contributed by atoms with E-state index in [2.05, 4.69) is 34.1 Å². The molecular weight excluding hydrogens is 212 g/mol. The van der Waals surface area contributed by atoms with E-state index in [9.17, 15) is 0 Å². The molecule has 0 spiro atoms. The number of pyridine rings is 1. The summed E-state index contributed by atoms with van der Waals surface area (Å²) in [5.41, 5.74) is 2.38. The minimum absolute atomic E-state index is 0.310. The van der Waals surface area contributed by atoms with Crippen LogP contribution >= 0.6 is 0 Å². The Labute approximate surface area is 101 Å². The average Bonchev–Trinajstić information content (AvgIpc) is 2.33. The second-order valence-corrected chi connectivity index (χ2v) is 4.73. The Morgan fingerprint density at radius 3 is 2.88 bits per heavy atom. The average molecular weight is 228 g/mol. The van der Waals surface area contributed by atoms with Crippen LogP contribution < -0.4 is 0 Å². The molecule has 1 aliphatic heterocycles. The van der Waals surface area contributed by atoms with Crippen molar-refractivity contribution >= 4 is 10.9 Å². The molecule has 1 aromatic carbocycles. The van der Waals surface area contributed by atoms with Gasteiger partial charge in [0.25, 0.3) is 0 Å². The summed E-state index contributed by atoms with van der Waals surface area (Å²) in [6.45, 7) is 3.24. The summed E-state index contributed by atoms with van der Waals surface area (Å²) in [5.74, 6) is 0.470. The van der Waals surface area contributed by atoms with Gasteiger partial charge in [-0.15, -0.1) is 0 Å². The zero-order valence-corrected chi connectivity index (χ0v) is 9.71. The number of nitrogens with zero attached hydrogens (tertiary/aromatic N) is 2. The molecule has 1 fully saturated rings. The van der Waals surface area contributed by atoms with Gasteiger partial charge in [0.2, 0.25) is 0 Å². The van der Waals surface area contributed by atoms with Crippen LogP contribution in [0.1, 0.15) is 5.56 Å². The molecule has 0 bridgehead atoms. The van der Waals surface area contributed by atoms with E-state index in [1.54, 1.807) is 0 Å². The summed E-state index contributed by atoms with van der Waals surface area (Å²) in [7, 11) is 0. The molecule has 2 aromatic rings. The van der Waals surface area contributed by atoms with Gasteiger partial charge in [-0.2, -0.15) is 0 Å². The highest BCUT2D eigenvalue weighted by molar-refractivity contribution is 5.81. The van der Waals surface area contributed by atoms with Gasteiger partial charge in [0.1, 0.15) is 0 Å². The highest BCUT2D eigenvalue weighted by atomic mass is 16.3.